The summed E-state index contributed by atoms with van der Waals surface area (Å²) in [6.45, 7) is 1.96. The van der Waals surface area contributed by atoms with Crippen LogP contribution in [0.15, 0.2) is 41.3 Å². The van der Waals surface area contributed by atoms with E-state index in [1.54, 1.807) is 6.07 Å². The first kappa shape index (κ1) is 13.8. The van der Waals surface area contributed by atoms with E-state index in [0.29, 0.717) is 22.1 Å². The molecule has 2 aromatic rings. The molecule has 0 fully saturated rings. The Labute approximate surface area is 122 Å². The maximum Gasteiger partial charge on any atom is 0.146 e. The van der Waals surface area contributed by atoms with Crippen molar-refractivity contribution in [3.63, 3.8) is 0 Å². The molecule has 0 heterocycles. The summed E-state index contributed by atoms with van der Waals surface area (Å²) in [4.78, 5) is 0.892. The lowest BCUT2D eigenvalue weighted by Gasteiger charge is -2.11. The topological polar surface area (TPSA) is 33.0 Å². The number of halogens is 1. The van der Waals surface area contributed by atoms with Gasteiger partial charge in [-0.15, -0.1) is 11.8 Å². The Hall–Kier alpha value is -1.63. The van der Waals surface area contributed by atoms with E-state index in [2.05, 4.69) is 6.07 Å². The van der Waals surface area contributed by atoms with Gasteiger partial charge in [-0.1, -0.05) is 23.7 Å². The van der Waals surface area contributed by atoms with Crippen molar-refractivity contribution in [2.24, 2.45) is 0 Å². The highest BCUT2D eigenvalue weighted by atomic mass is 35.5. The van der Waals surface area contributed by atoms with E-state index in [4.69, 9.17) is 16.3 Å². The van der Waals surface area contributed by atoms with Crippen LogP contribution in [0.3, 0.4) is 0 Å². The molecule has 0 saturated carbocycles. The number of nitrogens with zero attached hydrogens (tertiary/aromatic N) is 1. The molecular weight excluding hydrogens is 278 g/mol. The Morgan fingerprint density at radius 3 is 2.63 bits per heavy atom. The minimum absolute atomic E-state index is 0.528. The van der Waals surface area contributed by atoms with Crippen molar-refractivity contribution in [1.29, 1.82) is 5.26 Å². The minimum atomic E-state index is 0.528. The fraction of sp³-hybridized carbons (Fsp3) is 0.133. The summed E-state index contributed by atoms with van der Waals surface area (Å²) in [5, 5.41) is 9.79. The lowest BCUT2D eigenvalue weighted by Crippen LogP contribution is -1.91. The van der Waals surface area contributed by atoms with Crippen LogP contribution in [0.4, 0.5) is 0 Å². The van der Waals surface area contributed by atoms with Crippen molar-refractivity contribution in [3.05, 3.63) is 52.5 Å². The summed E-state index contributed by atoms with van der Waals surface area (Å²) in [6, 6.07) is 13.3. The van der Waals surface area contributed by atoms with Gasteiger partial charge in [-0.2, -0.15) is 5.26 Å². The fourth-order valence-corrected chi connectivity index (χ4v) is 2.52. The van der Waals surface area contributed by atoms with Crippen LogP contribution >= 0.6 is 23.4 Å². The summed E-state index contributed by atoms with van der Waals surface area (Å²) in [5.74, 6) is 1.09. The predicted molar refractivity (Wildman–Crippen MR) is 79.2 cm³/mol. The van der Waals surface area contributed by atoms with E-state index in [9.17, 15) is 5.26 Å². The molecule has 0 N–H and O–H groups in total. The molecular formula is C15H12ClNOS. The Morgan fingerprint density at radius 1 is 1.21 bits per heavy atom. The number of nitriles is 1. The second-order valence-electron chi connectivity index (χ2n) is 3.98. The number of hydrogen-bond acceptors (Lipinski definition) is 3. The summed E-state index contributed by atoms with van der Waals surface area (Å²) in [6.07, 6.45) is 1.93. The lowest BCUT2D eigenvalue weighted by atomic mass is 10.2. The Kier molecular flexibility index (Phi) is 4.36. The summed E-state index contributed by atoms with van der Waals surface area (Å²) in [7, 11) is 0. The highest BCUT2D eigenvalue weighted by molar-refractivity contribution is 7.98. The predicted octanol–water partition coefficient (Wildman–Crippen LogP) is 5.03. The maximum absolute atomic E-state index is 9.25. The van der Waals surface area contributed by atoms with E-state index in [1.165, 1.54) is 11.8 Å². The second kappa shape index (κ2) is 6.01. The first-order chi connectivity index (χ1) is 9.15. The largest absolute Gasteiger partial charge is 0.454 e. The Balaban J connectivity index is 2.41. The van der Waals surface area contributed by atoms with Gasteiger partial charge in [-0.3, -0.25) is 0 Å². The first-order valence-electron chi connectivity index (χ1n) is 5.67. The van der Waals surface area contributed by atoms with Crippen molar-refractivity contribution < 1.29 is 4.74 Å². The molecule has 0 amide bonds. The molecule has 2 nitrogen and oxygen atoms in total. The molecule has 0 aliphatic rings. The monoisotopic (exact) mass is 289 g/mol. The molecule has 0 spiro atoms. The zero-order chi connectivity index (χ0) is 13.8. The third-order valence-corrected chi connectivity index (χ3v) is 3.70. The molecule has 0 aromatic heterocycles. The maximum atomic E-state index is 9.25. The standard InChI is InChI=1S/C15H12ClNOS/c1-10-6-7-14(12(16)8-10)18-13-4-3-5-15(19-2)11(13)9-17/h3-8H,1-2H3. The lowest BCUT2D eigenvalue weighted by molar-refractivity contribution is 0.479. The van der Waals surface area contributed by atoms with E-state index in [0.717, 1.165) is 10.5 Å². The van der Waals surface area contributed by atoms with Crippen LogP contribution in [0.5, 0.6) is 11.5 Å². The number of aryl methyl sites for hydroxylation is 1. The van der Waals surface area contributed by atoms with Gasteiger partial charge in [-0.05, 0) is 43.0 Å². The van der Waals surface area contributed by atoms with Gasteiger partial charge in [0, 0.05) is 4.90 Å². The van der Waals surface area contributed by atoms with Gasteiger partial charge in [0.1, 0.15) is 23.1 Å². The van der Waals surface area contributed by atoms with Gasteiger partial charge in [0.2, 0.25) is 0 Å². The van der Waals surface area contributed by atoms with Crippen LogP contribution in [-0.2, 0) is 0 Å². The molecule has 2 rings (SSSR count). The molecule has 0 aliphatic carbocycles. The van der Waals surface area contributed by atoms with E-state index in [-0.39, 0.29) is 0 Å². The fourth-order valence-electron chi connectivity index (χ4n) is 1.68. The van der Waals surface area contributed by atoms with Crippen molar-refractivity contribution in [2.45, 2.75) is 11.8 Å². The molecule has 0 radical (unpaired) electrons. The van der Waals surface area contributed by atoms with E-state index < -0.39 is 0 Å². The van der Waals surface area contributed by atoms with Crippen LogP contribution in [0.1, 0.15) is 11.1 Å². The van der Waals surface area contributed by atoms with Gasteiger partial charge < -0.3 is 4.74 Å². The zero-order valence-electron chi connectivity index (χ0n) is 10.6. The highest BCUT2D eigenvalue weighted by Gasteiger charge is 2.11. The molecule has 0 atom stereocenters. The molecule has 2 aromatic carbocycles. The summed E-state index contributed by atoms with van der Waals surface area (Å²) < 4.78 is 5.76. The van der Waals surface area contributed by atoms with Crippen LogP contribution in [-0.4, -0.2) is 6.26 Å². The average molecular weight is 290 g/mol. The van der Waals surface area contributed by atoms with E-state index >= 15 is 0 Å². The number of thioether (sulfide) groups is 1. The van der Waals surface area contributed by atoms with Crippen molar-refractivity contribution in [1.82, 2.24) is 0 Å². The van der Waals surface area contributed by atoms with Crippen molar-refractivity contribution in [3.8, 4) is 17.6 Å². The zero-order valence-corrected chi connectivity index (χ0v) is 12.2. The number of benzene rings is 2. The van der Waals surface area contributed by atoms with Crippen molar-refractivity contribution in [2.75, 3.05) is 6.26 Å². The van der Waals surface area contributed by atoms with Gasteiger partial charge in [-0.25, -0.2) is 0 Å². The number of hydrogen-bond donors (Lipinski definition) is 0. The van der Waals surface area contributed by atoms with Crippen LogP contribution in [0.2, 0.25) is 5.02 Å². The summed E-state index contributed by atoms with van der Waals surface area (Å²) >= 11 is 7.65. The van der Waals surface area contributed by atoms with Gasteiger partial charge in [0.15, 0.2) is 0 Å². The third-order valence-electron chi connectivity index (χ3n) is 2.63. The number of ether oxygens (including phenoxy) is 1. The average Bonchev–Trinajstić information content (AvgIpc) is 2.41. The van der Waals surface area contributed by atoms with Crippen LogP contribution < -0.4 is 4.74 Å². The quantitative estimate of drug-likeness (QED) is 0.743. The number of rotatable bonds is 3. The van der Waals surface area contributed by atoms with E-state index in [1.807, 2.05) is 43.5 Å². The molecule has 4 heteroatoms. The van der Waals surface area contributed by atoms with Gasteiger partial charge in [0.05, 0.1) is 5.02 Å². The van der Waals surface area contributed by atoms with Gasteiger partial charge >= 0.3 is 0 Å². The molecule has 0 aliphatic heterocycles. The Morgan fingerprint density at radius 2 is 2.00 bits per heavy atom. The molecule has 96 valence electrons. The smallest absolute Gasteiger partial charge is 0.146 e. The van der Waals surface area contributed by atoms with Crippen LogP contribution in [0.25, 0.3) is 0 Å². The SMILES string of the molecule is CSc1cccc(Oc2ccc(C)cc2Cl)c1C#N. The summed E-state index contributed by atoms with van der Waals surface area (Å²) in [5.41, 5.74) is 1.60. The third kappa shape index (κ3) is 3.04. The van der Waals surface area contributed by atoms with Crippen LogP contribution in [0, 0.1) is 18.3 Å². The minimum Gasteiger partial charge on any atom is -0.454 e. The molecule has 0 bridgehead atoms. The second-order valence-corrected chi connectivity index (χ2v) is 5.24. The first-order valence-corrected chi connectivity index (χ1v) is 7.27. The molecule has 0 saturated heterocycles. The van der Waals surface area contributed by atoms with Gasteiger partial charge in [0.25, 0.3) is 0 Å². The normalized spacial score (nSPS) is 10.0. The molecule has 0 unspecified atom stereocenters. The van der Waals surface area contributed by atoms with Crippen molar-refractivity contribution >= 4 is 23.4 Å². The Bertz CT molecular complexity index is 649. The molecule has 19 heavy (non-hydrogen) atoms. The highest BCUT2D eigenvalue weighted by Crippen LogP contribution is 2.34.